The molecule has 1 N–H and O–H groups in total. The zero-order chi connectivity index (χ0) is 25.3. The first-order valence-corrected chi connectivity index (χ1v) is 12.3. The van der Waals surface area contributed by atoms with Crippen LogP contribution in [0, 0.1) is 0 Å². The maximum absolute atomic E-state index is 13.7. The van der Waals surface area contributed by atoms with Gasteiger partial charge in [-0.05, 0) is 36.4 Å². The summed E-state index contributed by atoms with van der Waals surface area (Å²) in [6.45, 7) is 3.98. The van der Waals surface area contributed by atoms with Crippen LogP contribution in [0.5, 0.6) is 5.75 Å². The van der Waals surface area contributed by atoms with Crippen LogP contribution in [-0.4, -0.2) is 35.4 Å². The minimum absolute atomic E-state index is 0.0450. The summed E-state index contributed by atoms with van der Waals surface area (Å²) < 4.78 is 6.04. The Balaban J connectivity index is 1.63. The highest BCUT2D eigenvalue weighted by molar-refractivity contribution is 5.90. The maximum Gasteiger partial charge on any atom is 0.261 e. The molecule has 0 radical (unpaired) electrons. The van der Waals surface area contributed by atoms with E-state index in [2.05, 4.69) is 5.32 Å². The minimum Gasteiger partial charge on any atom is -0.483 e. The van der Waals surface area contributed by atoms with E-state index in [1.807, 2.05) is 117 Å². The fourth-order valence-electron chi connectivity index (χ4n) is 4.26. The Hall–Kier alpha value is -4.12. The van der Waals surface area contributed by atoms with Crippen molar-refractivity contribution in [3.8, 4) is 5.75 Å². The summed E-state index contributed by atoms with van der Waals surface area (Å²) >= 11 is 0. The van der Waals surface area contributed by atoms with Crippen LogP contribution in [0.2, 0.25) is 0 Å². The molecule has 0 fully saturated rings. The number of fused-ring (bicyclic) bond motifs is 1. The van der Waals surface area contributed by atoms with Crippen molar-refractivity contribution in [1.29, 1.82) is 0 Å². The van der Waals surface area contributed by atoms with Gasteiger partial charge in [0, 0.05) is 24.4 Å². The second-order valence-corrected chi connectivity index (χ2v) is 9.14. The van der Waals surface area contributed by atoms with Crippen molar-refractivity contribution in [2.45, 2.75) is 38.9 Å². The van der Waals surface area contributed by atoms with E-state index in [4.69, 9.17) is 4.74 Å². The van der Waals surface area contributed by atoms with Gasteiger partial charge in [-0.15, -0.1) is 0 Å². The molecule has 0 unspecified atom stereocenters. The van der Waals surface area contributed by atoms with Gasteiger partial charge in [0.1, 0.15) is 11.8 Å². The molecule has 0 aromatic heterocycles. The quantitative estimate of drug-likeness (QED) is 0.331. The zero-order valence-corrected chi connectivity index (χ0v) is 20.8. The number of nitrogens with zero attached hydrogens (tertiary/aromatic N) is 1. The van der Waals surface area contributed by atoms with Gasteiger partial charge in [0.2, 0.25) is 5.91 Å². The Labute approximate surface area is 212 Å². The fourth-order valence-corrected chi connectivity index (χ4v) is 4.26. The third-order valence-electron chi connectivity index (χ3n) is 6.00. The van der Waals surface area contributed by atoms with Gasteiger partial charge in [0.25, 0.3) is 5.91 Å². The average molecular weight is 481 g/mol. The SMILES string of the molecule is CC(C)NC(=O)[C@H](Cc1ccccc1)N(Cc1ccccc1)C(=O)COc1cccc2ccccc12. The van der Waals surface area contributed by atoms with Crippen molar-refractivity contribution < 1.29 is 14.3 Å². The first-order valence-electron chi connectivity index (χ1n) is 12.3. The number of carbonyl (C=O) groups is 2. The van der Waals surface area contributed by atoms with Crippen LogP contribution in [0.3, 0.4) is 0 Å². The molecule has 0 aliphatic rings. The Morgan fingerprint density at radius 1 is 0.778 bits per heavy atom. The summed E-state index contributed by atoms with van der Waals surface area (Å²) in [5, 5.41) is 5.00. The van der Waals surface area contributed by atoms with Crippen molar-refractivity contribution in [1.82, 2.24) is 10.2 Å². The van der Waals surface area contributed by atoms with Gasteiger partial charge < -0.3 is 15.0 Å². The molecular formula is C31H32N2O3. The molecule has 0 saturated carbocycles. The third kappa shape index (κ3) is 6.51. The van der Waals surface area contributed by atoms with E-state index in [9.17, 15) is 9.59 Å². The van der Waals surface area contributed by atoms with Crippen molar-refractivity contribution >= 4 is 22.6 Å². The topological polar surface area (TPSA) is 58.6 Å². The molecule has 2 amide bonds. The lowest BCUT2D eigenvalue weighted by Crippen LogP contribution is -2.52. The van der Waals surface area contributed by atoms with E-state index >= 15 is 0 Å². The predicted molar refractivity (Wildman–Crippen MR) is 144 cm³/mol. The number of rotatable bonds is 10. The molecule has 5 nitrogen and oxygen atoms in total. The van der Waals surface area contributed by atoms with Gasteiger partial charge in [0.05, 0.1) is 0 Å². The number of carbonyl (C=O) groups excluding carboxylic acids is 2. The molecule has 4 rings (SSSR count). The van der Waals surface area contributed by atoms with Gasteiger partial charge in [-0.2, -0.15) is 0 Å². The smallest absolute Gasteiger partial charge is 0.261 e. The molecule has 0 heterocycles. The lowest BCUT2D eigenvalue weighted by molar-refractivity contribution is -0.143. The molecule has 0 spiro atoms. The number of hydrogen-bond donors (Lipinski definition) is 1. The summed E-state index contributed by atoms with van der Waals surface area (Å²) in [4.78, 5) is 28.7. The fraction of sp³-hybridized carbons (Fsp3) is 0.226. The first-order chi connectivity index (χ1) is 17.5. The Morgan fingerprint density at radius 3 is 2.08 bits per heavy atom. The molecule has 36 heavy (non-hydrogen) atoms. The predicted octanol–water partition coefficient (Wildman–Crippen LogP) is 5.38. The van der Waals surface area contributed by atoms with Crippen LogP contribution in [0.25, 0.3) is 10.8 Å². The molecular weight excluding hydrogens is 448 g/mol. The summed E-state index contributed by atoms with van der Waals surface area (Å²) in [7, 11) is 0. The number of amides is 2. The molecule has 0 aliphatic heterocycles. The molecule has 0 bridgehead atoms. The molecule has 0 aliphatic carbocycles. The maximum atomic E-state index is 13.7. The van der Waals surface area contributed by atoms with E-state index < -0.39 is 6.04 Å². The Bertz CT molecular complexity index is 1280. The molecule has 5 heteroatoms. The van der Waals surface area contributed by atoms with E-state index in [-0.39, 0.29) is 24.5 Å². The van der Waals surface area contributed by atoms with Crippen molar-refractivity contribution in [2.24, 2.45) is 0 Å². The highest BCUT2D eigenvalue weighted by Gasteiger charge is 2.31. The summed E-state index contributed by atoms with van der Waals surface area (Å²) in [6, 6.07) is 32.5. The van der Waals surface area contributed by atoms with Crippen LogP contribution in [0.15, 0.2) is 103 Å². The number of hydrogen-bond acceptors (Lipinski definition) is 3. The Kier molecular flexibility index (Phi) is 8.35. The second-order valence-electron chi connectivity index (χ2n) is 9.14. The van der Waals surface area contributed by atoms with Gasteiger partial charge >= 0.3 is 0 Å². The number of nitrogens with one attached hydrogen (secondary N) is 1. The molecule has 184 valence electrons. The zero-order valence-electron chi connectivity index (χ0n) is 20.8. The van der Waals surface area contributed by atoms with Gasteiger partial charge in [-0.1, -0.05) is 97.1 Å². The monoisotopic (exact) mass is 480 g/mol. The van der Waals surface area contributed by atoms with Crippen LogP contribution >= 0.6 is 0 Å². The summed E-state index contributed by atoms with van der Waals surface area (Å²) in [5.41, 5.74) is 1.94. The van der Waals surface area contributed by atoms with Crippen LogP contribution < -0.4 is 10.1 Å². The molecule has 4 aromatic carbocycles. The van der Waals surface area contributed by atoms with E-state index in [0.717, 1.165) is 21.9 Å². The highest BCUT2D eigenvalue weighted by Crippen LogP contribution is 2.25. The van der Waals surface area contributed by atoms with Crippen LogP contribution in [-0.2, 0) is 22.6 Å². The van der Waals surface area contributed by atoms with Crippen molar-refractivity contribution in [3.05, 3.63) is 114 Å². The van der Waals surface area contributed by atoms with E-state index in [1.165, 1.54) is 0 Å². The van der Waals surface area contributed by atoms with Gasteiger partial charge in [-0.3, -0.25) is 9.59 Å². The largest absolute Gasteiger partial charge is 0.483 e. The lowest BCUT2D eigenvalue weighted by Gasteiger charge is -2.32. The van der Waals surface area contributed by atoms with Gasteiger partial charge in [-0.25, -0.2) is 0 Å². The lowest BCUT2D eigenvalue weighted by atomic mass is 10.0. The van der Waals surface area contributed by atoms with E-state index in [0.29, 0.717) is 18.7 Å². The average Bonchev–Trinajstić information content (AvgIpc) is 2.90. The highest BCUT2D eigenvalue weighted by atomic mass is 16.5. The number of ether oxygens (including phenoxy) is 1. The number of benzene rings is 4. The van der Waals surface area contributed by atoms with Crippen LogP contribution in [0.1, 0.15) is 25.0 Å². The van der Waals surface area contributed by atoms with Crippen LogP contribution in [0.4, 0.5) is 0 Å². The van der Waals surface area contributed by atoms with Crippen molar-refractivity contribution in [2.75, 3.05) is 6.61 Å². The van der Waals surface area contributed by atoms with E-state index in [1.54, 1.807) is 4.90 Å². The normalized spacial score (nSPS) is 11.8. The van der Waals surface area contributed by atoms with Gasteiger partial charge in [0.15, 0.2) is 6.61 Å². The minimum atomic E-state index is -0.682. The van der Waals surface area contributed by atoms with Crippen molar-refractivity contribution in [3.63, 3.8) is 0 Å². The second kappa shape index (κ2) is 12.0. The summed E-state index contributed by atoms with van der Waals surface area (Å²) in [5.74, 6) is 0.224. The summed E-state index contributed by atoms with van der Waals surface area (Å²) in [6.07, 6.45) is 0.409. The standard InChI is InChI=1S/C31H32N2O3/c1-23(2)32-31(35)28(20-24-12-5-3-6-13-24)33(21-25-14-7-4-8-15-25)30(34)22-36-29-19-11-17-26-16-9-10-18-27(26)29/h3-19,23,28H,20-22H2,1-2H3,(H,32,35)/t28-/m0/s1. The first kappa shape index (κ1) is 25.0. The molecule has 1 atom stereocenters. The molecule has 4 aromatic rings. The molecule has 0 saturated heterocycles. The Morgan fingerprint density at radius 2 is 1.39 bits per heavy atom. The third-order valence-corrected chi connectivity index (χ3v) is 6.00.